The summed E-state index contributed by atoms with van der Waals surface area (Å²) in [5.74, 6) is 0.877. The Bertz CT molecular complexity index is 427. The first kappa shape index (κ1) is 19.2. The molecule has 0 aliphatic rings. The summed E-state index contributed by atoms with van der Waals surface area (Å²) in [4.78, 5) is 4.23. The standard InChI is InChI=1S/C16H27N3.HI/c1-6-10-18-15(17-5)19-12-16(3,4)14-9-7-8-13(2)11-14;/h7-9,11H,6,10,12H2,1-5H3,(H2,17,18,19);1H. The summed E-state index contributed by atoms with van der Waals surface area (Å²) in [7, 11) is 1.81. The molecule has 0 saturated carbocycles. The van der Waals surface area contributed by atoms with Crippen molar-refractivity contribution in [2.45, 2.75) is 39.5 Å². The lowest BCUT2D eigenvalue weighted by atomic mass is 9.84. The number of nitrogens with zero attached hydrogens (tertiary/aromatic N) is 1. The van der Waals surface area contributed by atoms with Crippen molar-refractivity contribution in [3.8, 4) is 0 Å². The Kier molecular flexibility index (Phi) is 8.85. The van der Waals surface area contributed by atoms with Gasteiger partial charge in [0.25, 0.3) is 0 Å². The molecule has 0 fully saturated rings. The fraction of sp³-hybridized carbons (Fsp3) is 0.562. The first-order valence-electron chi connectivity index (χ1n) is 7.01. The van der Waals surface area contributed by atoms with Crippen LogP contribution in [0.3, 0.4) is 0 Å². The Morgan fingerprint density at radius 1 is 1.25 bits per heavy atom. The number of rotatable bonds is 5. The monoisotopic (exact) mass is 389 g/mol. The van der Waals surface area contributed by atoms with E-state index >= 15 is 0 Å². The molecule has 0 saturated heterocycles. The van der Waals surface area contributed by atoms with E-state index in [1.54, 1.807) is 0 Å². The molecule has 0 aromatic heterocycles. The van der Waals surface area contributed by atoms with Crippen molar-refractivity contribution in [3.63, 3.8) is 0 Å². The lowest BCUT2D eigenvalue weighted by Crippen LogP contribution is -2.43. The van der Waals surface area contributed by atoms with Gasteiger partial charge in [-0.05, 0) is 18.9 Å². The topological polar surface area (TPSA) is 36.4 Å². The van der Waals surface area contributed by atoms with Crippen LogP contribution in [-0.2, 0) is 5.41 Å². The van der Waals surface area contributed by atoms with Gasteiger partial charge in [-0.25, -0.2) is 0 Å². The summed E-state index contributed by atoms with van der Waals surface area (Å²) in [5.41, 5.74) is 2.74. The number of aliphatic imine (C=N–C) groups is 1. The molecule has 0 aliphatic carbocycles. The van der Waals surface area contributed by atoms with E-state index in [0.29, 0.717) is 0 Å². The molecule has 1 aromatic rings. The molecular weight excluding hydrogens is 361 g/mol. The Hall–Kier alpha value is -0.780. The van der Waals surface area contributed by atoms with Crippen LogP contribution in [0.5, 0.6) is 0 Å². The molecule has 1 rings (SSSR count). The molecule has 3 nitrogen and oxygen atoms in total. The number of nitrogens with one attached hydrogen (secondary N) is 2. The highest BCUT2D eigenvalue weighted by Crippen LogP contribution is 2.22. The molecule has 0 unspecified atom stereocenters. The summed E-state index contributed by atoms with van der Waals surface area (Å²) in [6.07, 6.45) is 1.10. The van der Waals surface area contributed by atoms with E-state index in [2.05, 4.69) is 67.6 Å². The van der Waals surface area contributed by atoms with Gasteiger partial charge < -0.3 is 10.6 Å². The predicted octanol–water partition coefficient (Wildman–Crippen LogP) is 3.47. The number of aryl methyl sites for hydroxylation is 1. The molecule has 0 heterocycles. The lowest BCUT2D eigenvalue weighted by molar-refractivity contribution is 0.508. The van der Waals surface area contributed by atoms with Crippen LogP contribution in [0.15, 0.2) is 29.3 Å². The van der Waals surface area contributed by atoms with E-state index in [1.807, 2.05) is 7.05 Å². The Balaban J connectivity index is 0.00000361. The molecule has 114 valence electrons. The van der Waals surface area contributed by atoms with Gasteiger partial charge in [0.15, 0.2) is 5.96 Å². The molecule has 4 heteroatoms. The fourth-order valence-corrected chi connectivity index (χ4v) is 1.94. The van der Waals surface area contributed by atoms with Gasteiger partial charge in [0.2, 0.25) is 0 Å². The Labute approximate surface area is 140 Å². The maximum absolute atomic E-state index is 4.23. The normalized spacial score (nSPS) is 11.8. The molecule has 20 heavy (non-hydrogen) atoms. The van der Waals surface area contributed by atoms with E-state index in [4.69, 9.17) is 0 Å². The van der Waals surface area contributed by atoms with Crippen LogP contribution in [0.4, 0.5) is 0 Å². The molecule has 0 bridgehead atoms. The average molecular weight is 389 g/mol. The smallest absolute Gasteiger partial charge is 0.191 e. The zero-order valence-corrected chi connectivity index (χ0v) is 15.6. The zero-order valence-electron chi connectivity index (χ0n) is 13.3. The minimum atomic E-state index is 0. The lowest BCUT2D eigenvalue weighted by Gasteiger charge is -2.27. The quantitative estimate of drug-likeness (QED) is 0.460. The molecule has 0 amide bonds. The second kappa shape index (κ2) is 9.21. The second-order valence-corrected chi connectivity index (χ2v) is 5.61. The van der Waals surface area contributed by atoms with Crippen molar-refractivity contribution < 1.29 is 0 Å². The summed E-state index contributed by atoms with van der Waals surface area (Å²) in [6.45, 7) is 10.6. The third kappa shape index (κ3) is 6.11. The third-order valence-electron chi connectivity index (χ3n) is 3.26. The largest absolute Gasteiger partial charge is 0.356 e. The fourth-order valence-electron chi connectivity index (χ4n) is 1.94. The van der Waals surface area contributed by atoms with Crippen LogP contribution in [0.25, 0.3) is 0 Å². The summed E-state index contributed by atoms with van der Waals surface area (Å²) < 4.78 is 0. The zero-order chi connectivity index (χ0) is 14.3. The van der Waals surface area contributed by atoms with E-state index in [9.17, 15) is 0 Å². The van der Waals surface area contributed by atoms with Crippen LogP contribution in [-0.4, -0.2) is 26.1 Å². The number of hydrogen-bond donors (Lipinski definition) is 2. The molecule has 0 atom stereocenters. The van der Waals surface area contributed by atoms with Gasteiger partial charge >= 0.3 is 0 Å². The van der Waals surface area contributed by atoms with Crippen molar-refractivity contribution >= 4 is 29.9 Å². The summed E-state index contributed by atoms with van der Waals surface area (Å²) in [5, 5.41) is 6.69. The third-order valence-corrected chi connectivity index (χ3v) is 3.26. The van der Waals surface area contributed by atoms with Gasteiger partial charge in [-0.15, -0.1) is 24.0 Å². The first-order chi connectivity index (χ1) is 8.99. The van der Waals surface area contributed by atoms with E-state index in [1.165, 1.54) is 11.1 Å². The van der Waals surface area contributed by atoms with Crippen LogP contribution >= 0.6 is 24.0 Å². The second-order valence-electron chi connectivity index (χ2n) is 5.61. The van der Waals surface area contributed by atoms with Crippen LogP contribution in [0.1, 0.15) is 38.3 Å². The minimum Gasteiger partial charge on any atom is -0.356 e. The highest BCUT2D eigenvalue weighted by Gasteiger charge is 2.20. The summed E-state index contributed by atoms with van der Waals surface area (Å²) >= 11 is 0. The highest BCUT2D eigenvalue weighted by atomic mass is 127. The van der Waals surface area contributed by atoms with Crippen molar-refractivity contribution in [2.75, 3.05) is 20.1 Å². The van der Waals surface area contributed by atoms with Gasteiger partial charge in [0, 0.05) is 25.6 Å². The van der Waals surface area contributed by atoms with Crippen LogP contribution in [0, 0.1) is 6.92 Å². The van der Waals surface area contributed by atoms with Crippen molar-refractivity contribution in [3.05, 3.63) is 35.4 Å². The number of guanidine groups is 1. The molecule has 0 aliphatic heterocycles. The highest BCUT2D eigenvalue weighted by molar-refractivity contribution is 14.0. The SMILES string of the molecule is CCCNC(=NC)NCC(C)(C)c1cccc(C)c1.I. The van der Waals surface area contributed by atoms with Crippen LogP contribution < -0.4 is 10.6 Å². The average Bonchev–Trinajstić information content (AvgIpc) is 2.39. The van der Waals surface area contributed by atoms with Gasteiger partial charge in [-0.1, -0.05) is 50.6 Å². The Morgan fingerprint density at radius 3 is 2.50 bits per heavy atom. The number of hydrogen-bond acceptors (Lipinski definition) is 1. The van der Waals surface area contributed by atoms with E-state index in [0.717, 1.165) is 25.5 Å². The molecule has 1 aromatic carbocycles. The van der Waals surface area contributed by atoms with Crippen LogP contribution in [0.2, 0.25) is 0 Å². The van der Waals surface area contributed by atoms with Gasteiger partial charge in [-0.3, -0.25) is 4.99 Å². The molecular formula is C16H28IN3. The van der Waals surface area contributed by atoms with Gasteiger partial charge in [-0.2, -0.15) is 0 Å². The Morgan fingerprint density at radius 2 is 1.95 bits per heavy atom. The maximum Gasteiger partial charge on any atom is 0.191 e. The van der Waals surface area contributed by atoms with Crippen molar-refractivity contribution in [1.29, 1.82) is 0 Å². The van der Waals surface area contributed by atoms with Gasteiger partial charge in [0.1, 0.15) is 0 Å². The predicted molar refractivity (Wildman–Crippen MR) is 99.3 cm³/mol. The molecule has 0 radical (unpaired) electrons. The molecule has 2 N–H and O–H groups in total. The minimum absolute atomic E-state index is 0. The van der Waals surface area contributed by atoms with E-state index in [-0.39, 0.29) is 29.4 Å². The molecule has 0 spiro atoms. The maximum atomic E-state index is 4.23. The van der Waals surface area contributed by atoms with E-state index < -0.39 is 0 Å². The first-order valence-corrected chi connectivity index (χ1v) is 7.01. The number of benzene rings is 1. The van der Waals surface area contributed by atoms with Crippen molar-refractivity contribution in [1.82, 2.24) is 10.6 Å². The summed E-state index contributed by atoms with van der Waals surface area (Å²) in [6, 6.07) is 8.70. The number of halogens is 1. The van der Waals surface area contributed by atoms with Gasteiger partial charge in [0.05, 0.1) is 0 Å². The van der Waals surface area contributed by atoms with Crippen molar-refractivity contribution in [2.24, 2.45) is 4.99 Å².